The van der Waals surface area contributed by atoms with Gasteiger partial charge in [-0.2, -0.15) is 0 Å². The summed E-state index contributed by atoms with van der Waals surface area (Å²) < 4.78 is 5.91. The SMILES string of the molecule is C=C(C)C(=C)O[Si](C)(C)C(C)(C)C. The van der Waals surface area contributed by atoms with Crippen LogP contribution in [0, 0.1) is 0 Å². The van der Waals surface area contributed by atoms with E-state index in [0.717, 1.165) is 11.3 Å². The molecule has 13 heavy (non-hydrogen) atoms. The molecule has 0 aliphatic carbocycles. The first-order valence-corrected chi connectivity index (χ1v) is 7.52. The highest BCUT2D eigenvalue weighted by atomic mass is 28.4. The first kappa shape index (κ1) is 12.5. The third-order valence-corrected chi connectivity index (χ3v) is 7.03. The van der Waals surface area contributed by atoms with Crippen molar-refractivity contribution in [1.82, 2.24) is 0 Å². The van der Waals surface area contributed by atoms with Crippen LogP contribution in [0.3, 0.4) is 0 Å². The summed E-state index contributed by atoms with van der Waals surface area (Å²) in [4.78, 5) is 0. The molecule has 0 atom stereocenters. The molecule has 2 heteroatoms. The van der Waals surface area contributed by atoms with Crippen LogP contribution in [-0.4, -0.2) is 8.32 Å². The first-order chi connectivity index (χ1) is 5.58. The Balaban J connectivity index is 4.53. The molecule has 0 bridgehead atoms. The lowest BCUT2D eigenvalue weighted by molar-refractivity contribution is 0.396. The zero-order chi connectivity index (χ0) is 10.9. The minimum atomic E-state index is -1.69. The van der Waals surface area contributed by atoms with Crippen LogP contribution in [0.25, 0.3) is 0 Å². The lowest BCUT2D eigenvalue weighted by atomic mass is 10.2. The maximum Gasteiger partial charge on any atom is 0.250 e. The van der Waals surface area contributed by atoms with Crippen LogP contribution in [0.15, 0.2) is 24.5 Å². The van der Waals surface area contributed by atoms with Crippen molar-refractivity contribution in [1.29, 1.82) is 0 Å². The molecule has 0 aliphatic heterocycles. The summed E-state index contributed by atoms with van der Waals surface area (Å²) in [5.74, 6) is 0.742. The molecule has 0 fully saturated rings. The van der Waals surface area contributed by atoms with Crippen LogP contribution in [0.5, 0.6) is 0 Å². The van der Waals surface area contributed by atoms with Crippen LogP contribution < -0.4 is 0 Å². The van der Waals surface area contributed by atoms with Crippen molar-refractivity contribution in [3.8, 4) is 0 Å². The van der Waals surface area contributed by atoms with Gasteiger partial charge in [-0.15, -0.1) is 0 Å². The van der Waals surface area contributed by atoms with Gasteiger partial charge in [-0.05, 0) is 30.6 Å². The topological polar surface area (TPSA) is 9.23 Å². The second-order valence-corrected chi connectivity index (χ2v) is 9.79. The van der Waals surface area contributed by atoms with Crippen molar-refractivity contribution in [3.05, 3.63) is 24.5 Å². The molecule has 0 radical (unpaired) electrons. The van der Waals surface area contributed by atoms with Gasteiger partial charge in [0.1, 0.15) is 0 Å². The summed E-state index contributed by atoms with van der Waals surface area (Å²) in [5.41, 5.74) is 0.921. The quantitative estimate of drug-likeness (QED) is 0.377. The van der Waals surface area contributed by atoms with Gasteiger partial charge < -0.3 is 4.43 Å². The monoisotopic (exact) mass is 198 g/mol. The van der Waals surface area contributed by atoms with Crippen molar-refractivity contribution in [2.75, 3.05) is 0 Å². The van der Waals surface area contributed by atoms with Crippen LogP contribution in [0.1, 0.15) is 27.7 Å². The van der Waals surface area contributed by atoms with E-state index in [4.69, 9.17) is 4.43 Å². The molecule has 0 saturated heterocycles. The molecule has 0 N–H and O–H groups in total. The van der Waals surface area contributed by atoms with Gasteiger partial charge in [0.05, 0.1) is 5.76 Å². The molecule has 0 unspecified atom stereocenters. The minimum absolute atomic E-state index is 0.228. The third kappa shape index (κ3) is 3.39. The normalized spacial score (nSPS) is 12.5. The number of hydrogen-bond acceptors (Lipinski definition) is 1. The largest absolute Gasteiger partial charge is 0.544 e. The van der Waals surface area contributed by atoms with Crippen LogP contribution in [-0.2, 0) is 4.43 Å². The fourth-order valence-corrected chi connectivity index (χ4v) is 1.64. The van der Waals surface area contributed by atoms with Gasteiger partial charge in [0.25, 0.3) is 0 Å². The minimum Gasteiger partial charge on any atom is -0.544 e. The molecule has 1 nitrogen and oxygen atoms in total. The highest BCUT2D eigenvalue weighted by Crippen LogP contribution is 2.38. The van der Waals surface area contributed by atoms with Gasteiger partial charge in [-0.25, -0.2) is 0 Å². The van der Waals surface area contributed by atoms with Gasteiger partial charge in [0.15, 0.2) is 0 Å². The molecule has 0 amide bonds. The van der Waals surface area contributed by atoms with Crippen LogP contribution in [0.4, 0.5) is 0 Å². The van der Waals surface area contributed by atoms with E-state index in [1.807, 2.05) is 6.92 Å². The van der Waals surface area contributed by atoms with Crippen molar-refractivity contribution >= 4 is 8.32 Å². The molecule has 0 saturated carbocycles. The van der Waals surface area contributed by atoms with E-state index >= 15 is 0 Å². The summed E-state index contributed by atoms with van der Waals surface area (Å²) in [6, 6.07) is 0. The Hall–Kier alpha value is -0.503. The maximum absolute atomic E-state index is 5.91. The van der Waals surface area contributed by atoms with E-state index in [9.17, 15) is 0 Å². The lowest BCUT2D eigenvalue weighted by Crippen LogP contribution is -2.40. The predicted octanol–water partition coefficient (Wildman–Crippen LogP) is 4.10. The van der Waals surface area contributed by atoms with Crippen molar-refractivity contribution in [2.45, 2.75) is 45.8 Å². The van der Waals surface area contributed by atoms with Gasteiger partial charge >= 0.3 is 0 Å². The van der Waals surface area contributed by atoms with Crippen LogP contribution >= 0.6 is 0 Å². The van der Waals surface area contributed by atoms with Gasteiger partial charge in [-0.3, -0.25) is 0 Å². The number of allylic oxidation sites excluding steroid dienone is 1. The Morgan fingerprint density at radius 3 is 1.77 bits per heavy atom. The second kappa shape index (κ2) is 3.70. The Morgan fingerprint density at radius 2 is 1.54 bits per heavy atom. The fourth-order valence-electron chi connectivity index (χ4n) is 0.548. The van der Waals surface area contributed by atoms with Gasteiger partial charge in [0, 0.05) is 0 Å². The summed E-state index contributed by atoms with van der Waals surface area (Å²) in [7, 11) is -1.69. The number of hydrogen-bond donors (Lipinski definition) is 0. The third-order valence-electron chi connectivity index (χ3n) is 2.66. The first-order valence-electron chi connectivity index (χ1n) is 4.62. The molecule has 0 aliphatic rings. The fraction of sp³-hybridized carbons (Fsp3) is 0.636. The zero-order valence-corrected chi connectivity index (χ0v) is 10.8. The maximum atomic E-state index is 5.91. The highest BCUT2D eigenvalue weighted by Gasteiger charge is 2.39. The smallest absolute Gasteiger partial charge is 0.250 e. The van der Waals surface area contributed by atoms with Crippen molar-refractivity contribution in [3.63, 3.8) is 0 Å². The van der Waals surface area contributed by atoms with E-state index in [1.54, 1.807) is 0 Å². The molecule has 0 rings (SSSR count). The highest BCUT2D eigenvalue weighted by molar-refractivity contribution is 6.74. The molecule has 76 valence electrons. The second-order valence-electron chi connectivity index (χ2n) is 5.07. The summed E-state index contributed by atoms with van der Waals surface area (Å²) in [6.45, 7) is 20.7. The predicted molar refractivity (Wildman–Crippen MR) is 62.2 cm³/mol. The molecule has 0 heterocycles. The van der Waals surface area contributed by atoms with E-state index in [0.29, 0.717) is 0 Å². The van der Waals surface area contributed by atoms with E-state index in [1.165, 1.54) is 0 Å². The Kier molecular flexibility index (Phi) is 3.56. The summed E-state index contributed by atoms with van der Waals surface area (Å²) in [5, 5.41) is 0.228. The molecule has 0 spiro atoms. The average molecular weight is 198 g/mol. The Morgan fingerprint density at radius 1 is 1.15 bits per heavy atom. The number of rotatable bonds is 3. The van der Waals surface area contributed by atoms with Crippen molar-refractivity contribution < 1.29 is 4.43 Å². The summed E-state index contributed by atoms with van der Waals surface area (Å²) in [6.07, 6.45) is 0. The standard InChI is InChI=1S/C11H22OSi/c1-9(2)10(3)12-13(7,8)11(4,5)6/h1,3H2,2,4-8H3. The van der Waals surface area contributed by atoms with E-state index < -0.39 is 8.32 Å². The molecular formula is C11H22OSi. The molecule has 0 aromatic rings. The molecule has 0 aromatic heterocycles. The van der Waals surface area contributed by atoms with Crippen molar-refractivity contribution in [2.24, 2.45) is 0 Å². The van der Waals surface area contributed by atoms with E-state index in [-0.39, 0.29) is 5.04 Å². The molecule has 0 aromatic carbocycles. The Labute approximate surface area is 83.6 Å². The zero-order valence-electron chi connectivity index (χ0n) is 9.82. The lowest BCUT2D eigenvalue weighted by Gasteiger charge is -2.37. The van der Waals surface area contributed by atoms with Crippen LogP contribution in [0.2, 0.25) is 18.1 Å². The summed E-state index contributed by atoms with van der Waals surface area (Å²) >= 11 is 0. The van der Waals surface area contributed by atoms with Gasteiger partial charge in [-0.1, -0.05) is 33.9 Å². The van der Waals surface area contributed by atoms with E-state index in [2.05, 4.69) is 47.0 Å². The molecular weight excluding hydrogens is 176 g/mol. The Bertz CT molecular complexity index is 221. The van der Waals surface area contributed by atoms with Gasteiger partial charge in [0.2, 0.25) is 8.32 Å². The average Bonchev–Trinajstić information content (AvgIpc) is 1.83.